The summed E-state index contributed by atoms with van der Waals surface area (Å²) < 4.78 is 10.7. The second kappa shape index (κ2) is 8.15. The van der Waals surface area contributed by atoms with Crippen molar-refractivity contribution in [2.75, 3.05) is 19.5 Å². The van der Waals surface area contributed by atoms with E-state index in [2.05, 4.69) is 10.6 Å². The average Bonchev–Trinajstić information content (AvgIpc) is 2.45. The van der Waals surface area contributed by atoms with E-state index in [1.54, 1.807) is 14.2 Å². The molecular formula is C17H28N2O3. The van der Waals surface area contributed by atoms with Crippen LogP contribution in [0.15, 0.2) is 24.3 Å². The summed E-state index contributed by atoms with van der Waals surface area (Å²) in [6, 6.07) is 7.43. The van der Waals surface area contributed by atoms with Gasteiger partial charge in [-0.25, -0.2) is 4.79 Å². The molecule has 2 amide bonds. The second-order valence-corrected chi connectivity index (χ2v) is 6.17. The van der Waals surface area contributed by atoms with E-state index < -0.39 is 0 Å². The lowest BCUT2D eigenvalue weighted by molar-refractivity contribution is 0.00963. The molecule has 0 aliphatic carbocycles. The highest BCUT2D eigenvalue weighted by atomic mass is 16.5. The number of ether oxygens (including phenoxy) is 2. The molecule has 2 N–H and O–H groups in total. The highest BCUT2D eigenvalue weighted by molar-refractivity contribution is 5.89. The summed E-state index contributed by atoms with van der Waals surface area (Å²) in [5.41, 5.74) is 1.51. The van der Waals surface area contributed by atoms with Gasteiger partial charge in [0.15, 0.2) is 0 Å². The van der Waals surface area contributed by atoms with Gasteiger partial charge in [-0.2, -0.15) is 0 Å². The zero-order valence-corrected chi connectivity index (χ0v) is 14.4. The average molecular weight is 308 g/mol. The number of hydrogen-bond donors (Lipinski definition) is 2. The van der Waals surface area contributed by atoms with E-state index in [4.69, 9.17) is 9.47 Å². The maximum Gasteiger partial charge on any atom is 0.319 e. The van der Waals surface area contributed by atoms with Crippen molar-refractivity contribution in [2.24, 2.45) is 0 Å². The first-order valence-corrected chi connectivity index (χ1v) is 7.53. The van der Waals surface area contributed by atoms with Gasteiger partial charge < -0.3 is 20.1 Å². The normalized spacial score (nSPS) is 14.3. The predicted octanol–water partition coefficient (Wildman–Crippen LogP) is 3.72. The Morgan fingerprint density at radius 1 is 1.27 bits per heavy atom. The molecule has 0 spiro atoms. The summed E-state index contributed by atoms with van der Waals surface area (Å²) >= 11 is 0. The first-order chi connectivity index (χ1) is 10.3. The molecular weight excluding hydrogens is 280 g/mol. The second-order valence-electron chi connectivity index (χ2n) is 6.17. The number of nitrogens with one attached hydrogen (secondary N) is 2. The van der Waals surface area contributed by atoms with Crippen LogP contribution in [0.4, 0.5) is 10.5 Å². The lowest BCUT2D eigenvalue weighted by Crippen LogP contribution is -2.40. The third-order valence-electron chi connectivity index (χ3n) is 3.70. The summed E-state index contributed by atoms with van der Waals surface area (Å²) in [4.78, 5) is 12.1. The monoisotopic (exact) mass is 308 g/mol. The molecule has 0 fully saturated rings. The highest BCUT2D eigenvalue weighted by Crippen LogP contribution is 2.20. The molecule has 0 unspecified atom stereocenters. The SMILES string of the molecule is CO[C@H](C)c1cccc(NC(=O)N[C@@H](C)CC(C)(C)OC)c1. The quantitative estimate of drug-likeness (QED) is 0.807. The van der Waals surface area contributed by atoms with Gasteiger partial charge in [0.05, 0.1) is 11.7 Å². The minimum absolute atomic E-state index is 0.00811. The summed E-state index contributed by atoms with van der Waals surface area (Å²) in [7, 11) is 3.34. The molecule has 124 valence electrons. The molecule has 0 radical (unpaired) electrons. The van der Waals surface area contributed by atoms with Crippen LogP contribution < -0.4 is 10.6 Å². The van der Waals surface area contributed by atoms with Crippen molar-refractivity contribution in [3.8, 4) is 0 Å². The summed E-state index contributed by atoms with van der Waals surface area (Å²) in [6.45, 7) is 7.93. The van der Waals surface area contributed by atoms with Crippen LogP contribution in [0.3, 0.4) is 0 Å². The fraction of sp³-hybridized carbons (Fsp3) is 0.588. The lowest BCUT2D eigenvalue weighted by Gasteiger charge is -2.27. The first-order valence-electron chi connectivity index (χ1n) is 7.53. The van der Waals surface area contributed by atoms with E-state index in [0.29, 0.717) is 0 Å². The Balaban J connectivity index is 2.58. The Hall–Kier alpha value is -1.59. The highest BCUT2D eigenvalue weighted by Gasteiger charge is 2.21. The van der Waals surface area contributed by atoms with Crippen molar-refractivity contribution in [3.63, 3.8) is 0 Å². The van der Waals surface area contributed by atoms with E-state index in [1.807, 2.05) is 52.0 Å². The molecule has 0 aromatic heterocycles. The van der Waals surface area contributed by atoms with Crippen LogP contribution in [0.2, 0.25) is 0 Å². The third-order valence-corrected chi connectivity index (χ3v) is 3.70. The molecule has 0 saturated carbocycles. The van der Waals surface area contributed by atoms with Gasteiger partial charge in [-0.3, -0.25) is 0 Å². The molecule has 1 rings (SSSR count). The van der Waals surface area contributed by atoms with Crippen molar-refractivity contribution in [1.29, 1.82) is 0 Å². The zero-order chi connectivity index (χ0) is 16.8. The first kappa shape index (κ1) is 18.5. The summed E-state index contributed by atoms with van der Waals surface area (Å²) in [6.07, 6.45) is 0.726. The number of anilines is 1. The van der Waals surface area contributed by atoms with Gasteiger partial charge in [0, 0.05) is 25.9 Å². The minimum Gasteiger partial charge on any atom is -0.379 e. The maximum atomic E-state index is 12.1. The van der Waals surface area contributed by atoms with Crippen LogP contribution in [0.25, 0.3) is 0 Å². The molecule has 1 aromatic carbocycles. The fourth-order valence-corrected chi connectivity index (χ4v) is 2.27. The van der Waals surface area contributed by atoms with Gasteiger partial charge in [0.2, 0.25) is 0 Å². The minimum atomic E-state index is -0.263. The Labute approximate surface area is 133 Å². The smallest absolute Gasteiger partial charge is 0.319 e. The Kier molecular flexibility index (Phi) is 6.84. The van der Waals surface area contributed by atoms with Crippen molar-refractivity contribution < 1.29 is 14.3 Å². The van der Waals surface area contributed by atoms with Crippen LogP contribution in [0.5, 0.6) is 0 Å². The predicted molar refractivity (Wildman–Crippen MR) is 89.2 cm³/mol. The molecule has 0 aliphatic heterocycles. The Morgan fingerprint density at radius 2 is 1.95 bits per heavy atom. The molecule has 0 saturated heterocycles. The van der Waals surface area contributed by atoms with Crippen LogP contribution in [0.1, 0.15) is 45.8 Å². The number of methoxy groups -OCH3 is 2. The van der Waals surface area contributed by atoms with Gasteiger partial charge in [0.25, 0.3) is 0 Å². The van der Waals surface area contributed by atoms with Crippen LogP contribution >= 0.6 is 0 Å². The van der Waals surface area contributed by atoms with Crippen LogP contribution in [0, 0.1) is 0 Å². The maximum absolute atomic E-state index is 12.1. The number of benzene rings is 1. The molecule has 0 heterocycles. The Morgan fingerprint density at radius 3 is 2.55 bits per heavy atom. The van der Waals surface area contributed by atoms with Crippen molar-refractivity contribution in [2.45, 2.75) is 51.9 Å². The van der Waals surface area contributed by atoms with Crippen molar-refractivity contribution in [3.05, 3.63) is 29.8 Å². The summed E-state index contributed by atoms with van der Waals surface area (Å²) in [5.74, 6) is 0. The number of carbonyl (C=O) groups is 1. The van der Waals surface area contributed by atoms with E-state index in [9.17, 15) is 4.79 Å². The molecule has 5 nitrogen and oxygen atoms in total. The number of rotatable bonds is 7. The third kappa shape index (κ3) is 6.03. The zero-order valence-electron chi connectivity index (χ0n) is 14.4. The number of amides is 2. The van der Waals surface area contributed by atoms with Crippen LogP contribution in [-0.2, 0) is 9.47 Å². The van der Waals surface area contributed by atoms with Gasteiger partial charge in [-0.15, -0.1) is 0 Å². The topological polar surface area (TPSA) is 59.6 Å². The van der Waals surface area contributed by atoms with Crippen molar-refractivity contribution >= 4 is 11.7 Å². The van der Waals surface area contributed by atoms with Crippen molar-refractivity contribution in [1.82, 2.24) is 5.32 Å². The molecule has 1 aromatic rings. The van der Waals surface area contributed by atoms with Gasteiger partial charge in [-0.1, -0.05) is 12.1 Å². The largest absolute Gasteiger partial charge is 0.379 e. The molecule has 5 heteroatoms. The fourth-order valence-electron chi connectivity index (χ4n) is 2.27. The summed E-state index contributed by atoms with van der Waals surface area (Å²) in [5, 5.41) is 5.77. The molecule has 0 bridgehead atoms. The molecule has 2 atom stereocenters. The number of carbonyl (C=O) groups excluding carboxylic acids is 1. The van der Waals surface area contributed by atoms with E-state index in [-0.39, 0.29) is 23.8 Å². The van der Waals surface area contributed by atoms with Gasteiger partial charge >= 0.3 is 6.03 Å². The van der Waals surface area contributed by atoms with Gasteiger partial charge in [-0.05, 0) is 51.8 Å². The number of hydrogen-bond acceptors (Lipinski definition) is 3. The standard InChI is InChI=1S/C17H28N2O3/c1-12(11-17(3,4)22-6)18-16(20)19-15-9-7-8-14(10-15)13(2)21-5/h7-10,12-13H,11H2,1-6H3,(H2,18,19,20)/t12-,13+/m0/s1. The molecule has 0 aliphatic rings. The Bertz CT molecular complexity index is 489. The molecule has 22 heavy (non-hydrogen) atoms. The van der Waals surface area contributed by atoms with E-state index in [1.165, 1.54) is 0 Å². The van der Waals surface area contributed by atoms with E-state index in [0.717, 1.165) is 17.7 Å². The van der Waals surface area contributed by atoms with Gasteiger partial charge in [0.1, 0.15) is 0 Å². The van der Waals surface area contributed by atoms with Crippen LogP contribution in [-0.4, -0.2) is 31.9 Å². The van der Waals surface area contributed by atoms with E-state index >= 15 is 0 Å². The lowest BCUT2D eigenvalue weighted by atomic mass is 10.00. The number of urea groups is 1.